The third kappa shape index (κ3) is 7.90. The summed E-state index contributed by atoms with van der Waals surface area (Å²) in [5.41, 5.74) is -3.69. The van der Waals surface area contributed by atoms with E-state index in [9.17, 15) is 39.0 Å². The first kappa shape index (κ1) is 32.2. The van der Waals surface area contributed by atoms with Gasteiger partial charge in [-0.1, -0.05) is 36.9 Å². The van der Waals surface area contributed by atoms with Gasteiger partial charge in [0.15, 0.2) is 5.75 Å². The van der Waals surface area contributed by atoms with Crippen LogP contribution in [-0.2, 0) is 22.6 Å². The molecule has 15 heteroatoms. The van der Waals surface area contributed by atoms with Crippen LogP contribution in [0.15, 0.2) is 64.3 Å². The second-order valence-corrected chi connectivity index (χ2v) is 9.36. The first-order valence-electron chi connectivity index (χ1n) is 13.0. The maximum absolute atomic E-state index is 14.7. The van der Waals surface area contributed by atoms with E-state index >= 15 is 0 Å². The van der Waals surface area contributed by atoms with Gasteiger partial charge in [0, 0.05) is 5.57 Å². The number of carbonyl (C=O) groups excluding carboxylic acids is 1. The molecule has 0 bridgehead atoms. The highest BCUT2D eigenvalue weighted by Gasteiger charge is 2.35. The Kier molecular flexibility index (Phi) is 10.9. The Morgan fingerprint density at radius 1 is 1.02 bits per heavy atom. The molecule has 2 aromatic carbocycles. The molecular formula is C28H29FN4O10. The normalized spacial score (nSPS) is 10.7. The lowest BCUT2D eigenvalue weighted by molar-refractivity contribution is -0.396. The number of esters is 1. The van der Waals surface area contributed by atoms with E-state index in [1.807, 2.05) is 0 Å². The quantitative estimate of drug-likeness (QED) is 0.0821. The first-order chi connectivity index (χ1) is 20.5. The average Bonchev–Trinajstić information content (AvgIpc) is 2.97. The minimum absolute atomic E-state index is 0.0700. The van der Waals surface area contributed by atoms with Crippen molar-refractivity contribution in [1.82, 2.24) is 9.13 Å². The van der Waals surface area contributed by atoms with Crippen LogP contribution in [0.3, 0.4) is 0 Å². The van der Waals surface area contributed by atoms with Crippen molar-refractivity contribution in [3.8, 4) is 11.5 Å². The maximum atomic E-state index is 14.7. The molecule has 0 radical (unpaired) electrons. The largest absolute Gasteiger partial charge is 0.492 e. The molecule has 3 aromatic rings. The van der Waals surface area contributed by atoms with E-state index in [0.717, 1.165) is 13.2 Å². The number of ether oxygens (including phenoxy) is 3. The number of nitrogens with zero attached hydrogens (tertiary/aromatic N) is 4. The van der Waals surface area contributed by atoms with E-state index in [-0.39, 0.29) is 31.1 Å². The molecule has 1 heterocycles. The van der Waals surface area contributed by atoms with E-state index in [1.54, 1.807) is 30.3 Å². The molecule has 0 atom stereocenters. The molecule has 0 N–H and O–H groups in total. The van der Waals surface area contributed by atoms with Crippen LogP contribution >= 0.6 is 0 Å². The Bertz CT molecular complexity index is 1650. The van der Waals surface area contributed by atoms with Crippen molar-refractivity contribution in [3.05, 3.63) is 113 Å². The molecule has 3 rings (SSSR count). The SMILES string of the molecule is C=C(C)C(=O)OCCCCCOc1c(OC)cc([N+](=O)[O-])c(Cn2cc(F)c(=O)n(Cc3ccccc3)c2=O)c1[N+](=O)[O-]. The van der Waals surface area contributed by atoms with Gasteiger partial charge in [0.1, 0.15) is 5.56 Å². The summed E-state index contributed by atoms with van der Waals surface area (Å²) in [6.07, 6.45) is 1.90. The summed E-state index contributed by atoms with van der Waals surface area (Å²) in [7, 11) is 1.14. The number of nitro groups is 2. The zero-order valence-corrected chi connectivity index (χ0v) is 23.4. The van der Waals surface area contributed by atoms with Crippen molar-refractivity contribution >= 4 is 17.3 Å². The fourth-order valence-electron chi connectivity index (χ4n) is 4.11. The van der Waals surface area contributed by atoms with Gasteiger partial charge in [-0.05, 0) is 31.7 Å². The van der Waals surface area contributed by atoms with Gasteiger partial charge in [0.2, 0.25) is 11.6 Å². The minimum atomic E-state index is -1.33. The molecular weight excluding hydrogens is 571 g/mol. The van der Waals surface area contributed by atoms with Gasteiger partial charge < -0.3 is 14.2 Å². The van der Waals surface area contributed by atoms with Gasteiger partial charge in [-0.15, -0.1) is 0 Å². The fraction of sp³-hybridized carbons (Fsp3) is 0.321. The lowest BCUT2D eigenvalue weighted by atomic mass is 10.1. The van der Waals surface area contributed by atoms with Gasteiger partial charge in [0.05, 0.1) is 55.5 Å². The summed E-state index contributed by atoms with van der Waals surface area (Å²) < 4.78 is 31.7. The Labute approximate surface area is 243 Å². The molecule has 1 aromatic heterocycles. The second-order valence-electron chi connectivity index (χ2n) is 9.36. The van der Waals surface area contributed by atoms with Crippen LogP contribution in [0, 0.1) is 26.0 Å². The fourth-order valence-corrected chi connectivity index (χ4v) is 4.11. The number of rotatable bonds is 15. The minimum Gasteiger partial charge on any atom is -0.492 e. The lowest BCUT2D eigenvalue weighted by Gasteiger charge is -2.15. The molecule has 43 heavy (non-hydrogen) atoms. The number of benzene rings is 2. The van der Waals surface area contributed by atoms with Crippen molar-refractivity contribution in [1.29, 1.82) is 0 Å². The standard InChI is InChI=1S/C28H29FN4O10/c1-18(2)27(35)43-13-9-5-8-12-42-25-23(41-3)14-22(32(37)38)20(24(25)33(39)40)16-30-17-21(29)26(34)31(28(30)36)15-19-10-6-4-7-11-19/h4,6-7,10-11,14,17H,1,5,8-9,12-13,15-16H2,2-3H3. The van der Waals surface area contributed by atoms with Crippen LogP contribution < -0.4 is 20.7 Å². The number of methoxy groups -OCH3 is 1. The molecule has 0 saturated carbocycles. The summed E-state index contributed by atoms with van der Waals surface area (Å²) in [6.45, 7) is 3.94. The number of hydrogen-bond acceptors (Lipinski definition) is 10. The number of hydrogen-bond donors (Lipinski definition) is 0. The third-order valence-electron chi connectivity index (χ3n) is 6.22. The number of aromatic nitrogens is 2. The molecule has 228 valence electrons. The van der Waals surface area contributed by atoms with Crippen molar-refractivity contribution in [3.63, 3.8) is 0 Å². The van der Waals surface area contributed by atoms with E-state index < -0.39 is 62.1 Å². The third-order valence-corrected chi connectivity index (χ3v) is 6.22. The molecule has 0 aliphatic rings. The van der Waals surface area contributed by atoms with E-state index in [0.29, 0.717) is 40.2 Å². The maximum Gasteiger partial charge on any atom is 0.333 e. The Hall–Kier alpha value is -5.34. The van der Waals surface area contributed by atoms with Gasteiger partial charge in [0.25, 0.3) is 11.2 Å². The summed E-state index contributed by atoms with van der Waals surface area (Å²) in [6, 6.07) is 9.15. The Morgan fingerprint density at radius 2 is 1.70 bits per heavy atom. The molecule has 0 saturated heterocycles. The number of unbranched alkanes of at least 4 members (excludes halogenated alkanes) is 2. The predicted octanol–water partition coefficient (Wildman–Crippen LogP) is 3.74. The molecule has 0 aliphatic carbocycles. The predicted molar refractivity (Wildman–Crippen MR) is 151 cm³/mol. The highest BCUT2D eigenvalue weighted by Crippen LogP contribution is 2.45. The number of nitro benzene ring substituents is 2. The zero-order chi connectivity index (χ0) is 31.7. The average molecular weight is 601 g/mol. The van der Waals surface area contributed by atoms with E-state index in [2.05, 4.69) is 6.58 Å². The summed E-state index contributed by atoms with van der Waals surface area (Å²) >= 11 is 0. The lowest BCUT2D eigenvalue weighted by Crippen LogP contribution is -2.41. The second kappa shape index (κ2) is 14.5. The van der Waals surface area contributed by atoms with E-state index in [4.69, 9.17) is 14.2 Å². The van der Waals surface area contributed by atoms with Crippen molar-refractivity contribution < 1.29 is 33.2 Å². The molecule has 14 nitrogen and oxygen atoms in total. The van der Waals surface area contributed by atoms with E-state index in [1.165, 1.54) is 6.92 Å². The van der Waals surface area contributed by atoms with Crippen LogP contribution in [0.4, 0.5) is 15.8 Å². The summed E-state index contributed by atoms with van der Waals surface area (Å²) in [5, 5.41) is 24.2. The molecule has 0 unspecified atom stereocenters. The van der Waals surface area contributed by atoms with Crippen molar-refractivity contribution in [2.24, 2.45) is 0 Å². The first-order valence-corrected chi connectivity index (χ1v) is 13.0. The van der Waals surface area contributed by atoms with Crippen LogP contribution in [0.1, 0.15) is 37.3 Å². The summed E-state index contributed by atoms with van der Waals surface area (Å²) in [5.74, 6) is -2.58. The Balaban J connectivity index is 1.97. The van der Waals surface area contributed by atoms with Crippen LogP contribution in [0.25, 0.3) is 0 Å². The van der Waals surface area contributed by atoms with Crippen LogP contribution in [0.5, 0.6) is 11.5 Å². The van der Waals surface area contributed by atoms with Gasteiger partial charge >= 0.3 is 17.3 Å². The van der Waals surface area contributed by atoms with Crippen molar-refractivity contribution in [2.45, 2.75) is 39.3 Å². The Morgan fingerprint density at radius 3 is 2.30 bits per heavy atom. The monoisotopic (exact) mass is 600 g/mol. The van der Waals surface area contributed by atoms with Crippen molar-refractivity contribution in [2.75, 3.05) is 20.3 Å². The summed E-state index contributed by atoms with van der Waals surface area (Å²) in [4.78, 5) is 59.5. The topological polar surface area (TPSA) is 175 Å². The highest BCUT2D eigenvalue weighted by molar-refractivity contribution is 5.86. The van der Waals surface area contributed by atoms with Gasteiger partial charge in [-0.3, -0.25) is 34.2 Å². The van der Waals surface area contributed by atoms with Gasteiger partial charge in [-0.2, -0.15) is 4.39 Å². The number of carbonyl (C=O) groups is 1. The molecule has 0 spiro atoms. The number of halogens is 1. The smallest absolute Gasteiger partial charge is 0.333 e. The molecule has 0 fully saturated rings. The van der Waals surface area contributed by atoms with Crippen LogP contribution in [0.2, 0.25) is 0 Å². The van der Waals surface area contributed by atoms with Gasteiger partial charge in [-0.25, -0.2) is 9.59 Å². The van der Waals surface area contributed by atoms with Crippen LogP contribution in [-0.4, -0.2) is 45.3 Å². The molecule has 0 aliphatic heterocycles. The highest BCUT2D eigenvalue weighted by atomic mass is 19.1. The zero-order valence-electron chi connectivity index (χ0n) is 23.4. The molecule has 0 amide bonds.